The molecule has 2 fully saturated rings. The number of rotatable bonds is 2. The van der Waals surface area contributed by atoms with Crippen LogP contribution in [-0.2, 0) is 9.59 Å². The topological polar surface area (TPSA) is 74.7 Å². The molecular formula is C19H17NO4. The molecule has 1 N–H and O–H groups in total. The van der Waals surface area contributed by atoms with Crippen LogP contribution in [0.25, 0.3) is 10.8 Å². The first-order valence-electron chi connectivity index (χ1n) is 8.21. The second-order valence-corrected chi connectivity index (χ2v) is 6.56. The van der Waals surface area contributed by atoms with Gasteiger partial charge in [0.05, 0.1) is 23.1 Å². The molecule has 5 nitrogen and oxygen atoms in total. The van der Waals surface area contributed by atoms with Crippen LogP contribution in [0.4, 0.5) is 5.69 Å². The fourth-order valence-corrected chi connectivity index (χ4v) is 3.92. The normalized spacial score (nSPS) is 23.6. The Morgan fingerprint density at radius 3 is 2.12 bits per heavy atom. The predicted octanol–water partition coefficient (Wildman–Crippen LogP) is 3.22. The molecular weight excluding hydrogens is 306 g/mol. The van der Waals surface area contributed by atoms with Gasteiger partial charge in [-0.3, -0.25) is 14.5 Å². The lowest BCUT2D eigenvalue weighted by Gasteiger charge is -2.19. The number of benzene rings is 2. The molecule has 1 aliphatic heterocycles. The van der Waals surface area contributed by atoms with Crippen molar-refractivity contribution < 1.29 is 19.5 Å². The summed E-state index contributed by atoms with van der Waals surface area (Å²) in [6.45, 7) is 0. The molecule has 0 spiro atoms. The van der Waals surface area contributed by atoms with Gasteiger partial charge < -0.3 is 5.11 Å². The summed E-state index contributed by atoms with van der Waals surface area (Å²) in [5.74, 6) is -1.50. The Bertz CT molecular complexity index is 849. The van der Waals surface area contributed by atoms with Crippen LogP contribution in [0.1, 0.15) is 36.0 Å². The smallest absolute Gasteiger partial charge is 0.335 e. The summed E-state index contributed by atoms with van der Waals surface area (Å²) in [6, 6.07) is 10.1. The average Bonchev–Trinajstić information content (AvgIpc) is 2.85. The molecule has 0 radical (unpaired) electrons. The van der Waals surface area contributed by atoms with Crippen LogP contribution < -0.4 is 4.90 Å². The van der Waals surface area contributed by atoms with Crippen molar-refractivity contribution in [3.63, 3.8) is 0 Å². The zero-order valence-corrected chi connectivity index (χ0v) is 13.1. The summed E-state index contributed by atoms with van der Waals surface area (Å²) in [4.78, 5) is 37.7. The van der Waals surface area contributed by atoms with E-state index in [0.717, 1.165) is 36.5 Å². The highest BCUT2D eigenvalue weighted by Gasteiger charge is 2.48. The van der Waals surface area contributed by atoms with Crippen LogP contribution in [-0.4, -0.2) is 22.9 Å². The minimum atomic E-state index is -0.977. The maximum absolute atomic E-state index is 12.7. The Kier molecular flexibility index (Phi) is 3.37. The van der Waals surface area contributed by atoms with E-state index in [-0.39, 0.29) is 29.2 Å². The van der Waals surface area contributed by atoms with Gasteiger partial charge in [-0.2, -0.15) is 0 Å². The molecule has 122 valence electrons. The number of fused-ring (bicyclic) bond motifs is 2. The molecule has 2 aromatic rings. The van der Waals surface area contributed by atoms with Crippen molar-refractivity contribution in [1.29, 1.82) is 0 Å². The second-order valence-electron chi connectivity index (χ2n) is 6.56. The number of nitrogens with zero attached hydrogens (tertiary/aromatic N) is 1. The van der Waals surface area contributed by atoms with Gasteiger partial charge >= 0.3 is 5.97 Å². The van der Waals surface area contributed by atoms with Crippen molar-refractivity contribution in [1.82, 2.24) is 0 Å². The van der Waals surface area contributed by atoms with Crippen LogP contribution in [0.5, 0.6) is 0 Å². The van der Waals surface area contributed by atoms with Gasteiger partial charge in [0.25, 0.3) is 0 Å². The van der Waals surface area contributed by atoms with Gasteiger partial charge in [0, 0.05) is 0 Å². The second kappa shape index (κ2) is 5.44. The van der Waals surface area contributed by atoms with Crippen molar-refractivity contribution in [3.8, 4) is 0 Å². The number of amides is 2. The van der Waals surface area contributed by atoms with Gasteiger partial charge in [-0.1, -0.05) is 25.0 Å². The highest BCUT2D eigenvalue weighted by Crippen LogP contribution is 2.40. The quantitative estimate of drug-likeness (QED) is 0.861. The van der Waals surface area contributed by atoms with Gasteiger partial charge in [-0.05, 0) is 47.9 Å². The molecule has 0 bridgehead atoms. The lowest BCUT2D eigenvalue weighted by Crippen LogP contribution is -2.30. The third-order valence-electron chi connectivity index (χ3n) is 5.17. The van der Waals surface area contributed by atoms with E-state index in [1.54, 1.807) is 30.3 Å². The Labute approximate surface area is 138 Å². The number of carboxylic acid groups (broad SMARTS) is 1. The number of imide groups is 1. The first-order valence-corrected chi connectivity index (χ1v) is 8.21. The van der Waals surface area contributed by atoms with Gasteiger partial charge in [0.2, 0.25) is 11.8 Å². The Morgan fingerprint density at radius 2 is 1.50 bits per heavy atom. The maximum Gasteiger partial charge on any atom is 0.335 e. The van der Waals surface area contributed by atoms with E-state index in [4.69, 9.17) is 5.11 Å². The zero-order chi connectivity index (χ0) is 16.8. The standard InChI is InChI=1S/C19H17NO4/c21-17-15-3-1-2-4-16(15)18(22)20(17)14-8-7-11-9-13(19(23)24)6-5-12(11)10-14/h5-10,15-16H,1-4H2,(H,23,24)/t15-,16+. The van der Waals surface area contributed by atoms with E-state index in [0.29, 0.717) is 5.69 Å². The highest BCUT2D eigenvalue weighted by molar-refractivity contribution is 6.22. The third kappa shape index (κ3) is 2.19. The van der Waals surface area contributed by atoms with Crippen LogP contribution in [0.3, 0.4) is 0 Å². The molecule has 0 unspecified atom stereocenters. The molecule has 5 heteroatoms. The molecule has 2 aliphatic rings. The molecule has 1 saturated carbocycles. The number of aromatic carboxylic acids is 1. The lowest BCUT2D eigenvalue weighted by atomic mass is 9.81. The van der Waals surface area contributed by atoms with E-state index in [1.165, 1.54) is 11.0 Å². The first-order chi connectivity index (χ1) is 11.6. The van der Waals surface area contributed by atoms with Crippen molar-refractivity contribution in [2.45, 2.75) is 25.7 Å². The summed E-state index contributed by atoms with van der Waals surface area (Å²) < 4.78 is 0. The Hall–Kier alpha value is -2.69. The highest BCUT2D eigenvalue weighted by atomic mass is 16.4. The zero-order valence-electron chi connectivity index (χ0n) is 13.1. The average molecular weight is 323 g/mol. The summed E-state index contributed by atoms with van der Waals surface area (Å²) in [7, 11) is 0. The summed E-state index contributed by atoms with van der Waals surface area (Å²) >= 11 is 0. The SMILES string of the molecule is O=C(O)c1ccc2cc(N3C(=O)[C@H]4CCCC[C@H]4C3=O)ccc2c1. The van der Waals surface area contributed by atoms with Crippen molar-refractivity contribution >= 4 is 34.2 Å². The fraction of sp³-hybridized carbons (Fsp3) is 0.316. The fourth-order valence-electron chi connectivity index (χ4n) is 3.92. The number of carbonyl (C=O) groups is 3. The first kappa shape index (κ1) is 14.9. The monoisotopic (exact) mass is 323 g/mol. The molecule has 1 aliphatic carbocycles. The summed E-state index contributed by atoms with van der Waals surface area (Å²) in [5.41, 5.74) is 0.796. The third-order valence-corrected chi connectivity index (χ3v) is 5.17. The number of anilines is 1. The van der Waals surface area contributed by atoms with Crippen molar-refractivity contribution in [2.75, 3.05) is 4.90 Å². The summed E-state index contributed by atoms with van der Waals surface area (Å²) in [5, 5.41) is 10.6. The largest absolute Gasteiger partial charge is 0.478 e. The predicted molar refractivity (Wildman–Crippen MR) is 88.8 cm³/mol. The number of carboxylic acids is 1. The molecule has 1 saturated heterocycles. The molecule has 4 rings (SSSR count). The van der Waals surface area contributed by atoms with E-state index in [2.05, 4.69) is 0 Å². The minimum absolute atomic E-state index is 0.0915. The summed E-state index contributed by atoms with van der Waals surface area (Å²) in [6.07, 6.45) is 3.59. The molecule has 2 amide bonds. The number of hydrogen-bond donors (Lipinski definition) is 1. The van der Waals surface area contributed by atoms with Gasteiger partial charge in [0.1, 0.15) is 0 Å². The van der Waals surface area contributed by atoms with Crippen molar-refractivity contribution in [2.24, 2.45) is 11.8 Å². The van der Waals surface area contributed by atoms with Gasteiger partial charge in [0.15, 0.2) is 0 Å². The minimum Gasteiger partial charge on any atom is -0.478 e. The van der Waals surface area contributed by atoms with E-state index in [1.807, 2.05) is 0 Å². The van der Waals surface area contributed by atoms with E-state index < -0.39 is 5.97 Å². The van der Waals surface area contributed by atoms with Gasteiger partial charge in [-0.15, -0.1) is 0 Å². The van der Waals surface area contributed by atoms with Crippen LogP contribution in [0.15, 0.2) is 36.4 Å². The van der Waals surface area contributed by atoms with Crippen LogP contribution in [0.2, 0.25) is 0 Å². The lowest BCUT2D eigenvalue weighted by molar-refractivity contribution is -0.122. The Balaban J connectivity index is 1.73. The molecule has 2 atom stereocenters. The van der Waals surface area contributed by atoms with Gasteiger partial charge in [-0.25, -0.2) is 4.79 Å². The van der Waals surface area contributed by atoms with E-state index in [9.17, 15) is 14.4 Å². The molecule has 2 aromatic carbocycles. The molecule has 24 heavy (non-hydrogen) atoms. The number of hydrogen-bond acceptors (Lipinski definition) is 3. The van der Waals surface area contributed by atoms with Crippen molar-refractivity contribution in [3.05, 3.63) is 42.0 Å². The Morgan fingerprint density at radius 1 is 0.917 bits per heavy atom. The van der Waals surface area contributed by atoms with E-state index >= 15 is 0 Å². The molecule has 0 aromatic heterocycles. The molecule has 1 heterocycles. The maximum atomic E-state index is 12.7. The number of carbonyl (C=O) groups excluding carboxylic acids is 2. The van der Waals surface area contributed by atoms with Crippen LogP contribution >= 0.6 is 0 Å². The van der Waals surface area contributed by atoms with Crippen LogP contribution in [0, 0.1) is 11.8 Å².